The van der Waals surface area contributed by atoms with Crippen molar-refractivity contribution < 1.29 is 14.3 Å². The van der Waals surface area contributed by atoms with Crippen molar-refractivity contribution in [2.45, 2.75) is 13.0 Å². The van der Waals surface area contributed by atoms with Gasteiger partial charge in [0.1, 0.15) is 5.82 Å². The first-order chi connectivity index (χ1) is 9.06. The van der Waals surface area contributed by atoms with Crippen LogP contribution in [0.4, 0.5) is 10.1 Å². The molecule has 0 radical (unpaired) electrons. The first kappa shape index (κ1) is 13.1. The zero-order valence-corrected chi connectivity index (χ0v) is 10.4. The number of hydrogen-bond acceptors (Lipinski definition) is 2. The van der Waals surface area contributed by atoms with E-state index >= 15 is 0 Å². The molecule has 4 heteroatoms. The number of carbonyl (C=O) groups is 1. The largest absolute Gasteiger partial charge is 0.478 e. The topological polar surface area (TPSA) is 49.3 Å². The summed E-state index contributed by atoms with van der Waals surface area (Å²) in [4.78, 5) is 10.7. The number of rotatable bonds is 4. The Kier molecular flexibility index (Phi) is 3.80. The molecule has 0 saturated carbocycles. The summed E-state index contributed by atoms with van der Waals surface area (Å²) in [6, 6.07) is 12.8. The Labute approximate surface area is 110 Å². The van der Waals surface area contributed by atoms with Gasteiger partial charge in [-0.05, 0) is 48.9 Å². The van der Waals surface area contributed by atoms with Crippen molar-refractivity contribution in [3.8, 4) is 0 Å². The summed E-state index contributed by atoms with van der Waals surface area (Å²) in [6.07, 6.45) is 0. The van der Waals surface area contributed by atoms with Crippen molar-refractivity contribution >= 4 is 11.7 Å². The van der Waals surface area contributed by atoms with Crippen molar-refractivity contribution in [3.63, 3.8) is 0 Å². The lowest BCUT2D eigenvalue weighted by molar-refractivity contribution is 0.0697. The zero-order valence-electron chi connectivity index (χ0n) is 10.4. The summed E-state index contributed by atoms with van der Waals surface area (Å²) in [5, 5.41) is 12.0. The molecule has 0 heterocycles. The maximum Gasteiger partial charge on any atom is 0.335 e. The van der Waals surface area contributed by atoms with E-state index in [0.717, 1.165) is 11.3 Å². The zero-order chi connectivity index (χ0) is 13.8. The van der Waals surface area contributed by atoms with Crippen LogP contribution < -0.4 is 5.32 Å². The van der Waals surface area contributed by atoms with Crippen molar-refractivity contribution in [1.82, 2.24) is 0 Å². The normalized spacial score (nSPS) is 11.9. The van der Waals surface area contributed by atoms with Crippen molar-refractivity contribution in [3.05, 3.63) is 65.5 Å². The van der Waals surface area contributed by atoms with Gasteiger partial charge in [-0.2, -0.15) is 0 Å². The smallest absolute Gasteiger partial charge is 0.335 e. The van der Waals surface area contributed by atoms with Crippen LogP contribution >= 0.6 is 0 Å². The second-order valence-corrected chi connectivity index (χ2v) is 4.30. The Morgan fingerprint density at radius 3 is 2.21 bits per heavy atom. The van der Waals surface area contributed by atoms with Crippen LogP contribution in [0.15, 0.2) is 48.5 Å². The summed E-state index contributed by atoms with van der Waals surface area (Å²) >= 11 is 0. The van der Waals surface area contributed by atoms with E-state index in [9.17, 15) is 9.18 Å². The molecule has 0 aliphatic heterocycles. The molecule has 2 rings (SSSR count). The molecule has 0 amide bonds. The van der Waals surface area contributed by atoms with Gasteiger partial charge in [-0.15, -0.1) is 0 Å². The van der Waals surface area contributed by atoms with Crippen LogP contribution in [0.3, 0.4) is 0 Å². The molecule has 0 aliphatic rings. The van der Waals surface area contributed by atoms with Crippen LogP contribution in [0, 0.1) is 5.82 Å². The first-order valence-corrected chi connectivity index (χ1v) is 5.91. The lowest BCUT2D eigenvalue weighted by Gasteiger charge is -2.15. The standard InChI is InChI=1S/C15H14FNO2/c1-10(11-2-6-13(16)7-3-11)17-14-8-4-12(5-9-14)15(18)19/h2-10,17H,1H3,(H,18,19). The molecule has 0 spiro atoms. The summed E-state index contributed by atoms with van der Waals surface area (Å²) < 4.78 is 12.8. The predicted octanol–water partition coefficient (Wildman–Crippen LogP) is 3.70. The number of carboxylic acids is 1. The van der Waals surface area contributed by atoms with Gasteiger partial charge in [0, 0.05) is 11.7 Å². The van der Waals surface area contributed by atoms with Gasteiger partial charge < -0.3 is 10.4 Å². The van der Waals surface area contributed by atoms with Crippen LogP contribution in [0.25, 0.3) is 0 Å². The monoisotopic (exact) mass is 259 g/mol. The minimum atomic E-state index is -0.946. The lowest BCUT2D eigenvalue weighted by Crippen LogP contribution is -2.06. The van der Waals surface area contributed by atoms with E-state index in [4.69, 9.17) is 5.11 Å². The fourth-order valence-electron chi connectivity index (χ4n) is 1.79. The van der Waals surface area contributed by atoms with Crippen LogP contribution in [0.1, 0.15) is 28.9 Å². The van der Waals surface area contributed by atoms with Gasteiger partial charge in [-0.1, -0.05) is 12.1 Å². The number of carboxylic acid groups (broad SMARTS) is 1. The highest BCUT2D eigenvalue weighted by Gasteiger charge is 2.06. The lowest BCUT2D eigenvalue weighted by atomic mass is 10.1. The number of anilines is 1. The molecule has 2 aromatic rings. The molecule has 2 aromatic carbocycles. The van der Waals surface area contributed by atoms with E-state index < -0.39 is 5.97 Å². The first-order valence-electron chi connectivity index (χ1n) is 5.91. The molecule has 3 nitrogen and oxygen atoms in total. The van der Waals surface area contributed by atoms with E-state index in [0.29, 0.717) is 0 Å². The Hall–Kier alpha value is -2.36. The third kappa shape index (κ3) is 3.31. The molecular weight excluding hydrogens is 245 g/mol. The number of halogens is 1. The fraction of sp³-hybridized carbons (Fsp3) is 0.133. The van der Waals surface area contributed by atoms with E-state index in [-0.39, 0.29) is 17.4 Å². The minimum absolute atomic E-state index is 0.0104. The van der Waals surface area contributed by atoms with Gasteiger partial charge in [0.15, 0.2) is 0 Å². The molecule has 98 valence electrons. The Morgan fingerprint density at radius 2 is 1.68 bits per heavy atom. The van der Waals surface area contributed by atoms with Crippen molar-refractivity contribution in [2.75, 3.05) is 5.32 Å². The van der Waals surface area contributed by atoms with Crippen molar-refractivity contribution in [1.29, 1.82) is 0 Å². The Balaban J connectivity index is 2.08. The van der Waals surface area contributed by atoms with Gasteiger partial charge in [0.2, 0.25) is 0 Å². The van der Waals surface area contributed by atoms with E-state index in [2.05, 4.69) is 5.32 Å². The Morgan fingerprint density at radius 1 is 1.11 bits per heavy atom. The van der Waals surface area contributed by atoms with Crippen LogP contribution in [0.2, 0.25) is 0 Å². The summed E-state index contributed by atoms with van der Waals surface area (Å²) in [6.45, 7) is 1.96. The summed E-state index contributed by atoms with van der Waals surface area (Å²) in [7, 11) is 0. The van der Waals surface area contributed by atoms with E-state index in [1.54, 1.807) is 36.4 Å². The van der Waals surface area contributed by atoms with Gasteiger partial charge >= 0.3 is 5.97 Å². The Bertz CT molecular complexity index is 564. The molecular formula is C15H14FNO2. The third-order valence-electron chi connectivity index (χ3n) is 2.89. The molecule has 0 saturated heterocycles. The fourth-order valence-corrected chi connectivity index (χ4v) is 1.79. The highest BCUT2D eigenvalue weighted by atomic mass is 19.1. The maximum atomic E-state index is 12.8. The third-order valence-corrected chi connectivity index (χ3v) is 2.89. The van der Waals surface area contributed by atoms with Gasteiger partial charge in [-0.3, -0.25) is 0 Å². The highest BCUT2D eigenvalue weighted by Crippen LogP contribution is 2.19. The molecule has 0 aromatic heterocycles. The number of hydrogen-bond donors (Lipinski definition) is 2. The number of nitrogens with one attached hydrogen (secondary N) is 1. The van der Waals surface area contributed by atoms with Gasteiger partial charge in [-0.25, -0.2) is 9.18 Å². The van der Waals surface area contributed by atoms with Crippen molar-refractivity contribution in [2.24, 2.45) is 0 Å². The molecule has 0 fully saturated rings. The molecule has 0 aliphatic carbocycles. The molecule has 1 unspecified atom stereocenters. The molecule has 19 heavy (non-hydrogen) atoms. The minimum Gasteiger partial charge on any atom is -0.478 e. The quantitative estimate of drug-likeness (QED) is 0.880. The van der Waals surface area contributed by atoms with Crippen LogP contribution in [-0.2, 0) is 0 Å². The molecule has 2 N–H and O–H groups in total. The van der Waals surface area contributed by atoms with Gasteiger partial charge in [0.25, 0.3) is 0 Å². The summed E-state index contributed by atoms with van der Waals surface area (Å²) in [5.74, 6) is -1.21. The van der Waals surface area contributed by atoms with Crippen LogP contribution in [-0.4, -0.2) is 11.1 Å². The summed E-state index contributed by atoms with van der Waals surface area (Å²) in [5.41, 5.74) is 2.03. The second-order valence-electron chi connectivity index (χ2n) is 4.30. The predicted molar refractivity (Wildman–Crippen MR) is 71.8 cm³/mol. The maximum absolute atomic E-state index is 12.8. The molecule has 0 bridgehead atoms. The van der Waals surface area contributed by atoms with Gasteiger partial charge in [0.05, 0.1) is 5.56 Å². The average molecular weight is 259 g/mol. The number of aromatic carboxylic acids is 1. The number of benzene rings is 2. The second kappa shape index (κ2) is 5.52. The van der Waals surface area contributed by atoms with Crippen LogP contribution in [0.5, 0.6) is 0 Å². The molecule has 1 atom stereocenters. The average Bonchev–Trinajstić information content (AvgIpc) is 2.40. The SMILES string of the molecule is CC(Nc1ccc(C(=O)O)cc1)c1ccc(F)cc1. The van der Waals surface area contributed by atoms with E-state index in [1.807, 2.05) is 6.92 Å². The van der Waals surface area contributed by atoms with E-state index in [1.165, 1.54) is 12.1 Å². The highest BCUT2D eigenvalue weighted by molar-refractivity contribution is 5.88.